The van der Waals surface area contributed by atoms with Crippen molar-refractivity contribution < 1.29 is 14.3 Å². The Hall–Kier alpha value is -0.830. The summed E-state index contributed by atoms with van der Waals surface area (Å²) in [6, 6.07) is 0. The fraction of sp³-hybridized carbons (Fsp3) is 0.667. The molecule has 12 heavy (non-hydrogen) atoms. The van der Waals surface area contributed by atoms with E-state index in [-0.39, 0.29) is 11.6 Å². The predicted molar refractivity (Wildman–Crippen MR) is 46.9 cm³/mol. The molecule has 3 nitrogen and oxygen atoms in total. The van der Waals surface area contributed by atoms with Gasteiger partial charge in [0.05, 0.1) is 19.3 Å². The van der Waals surface area contributed by atoms with Crippen LogP contribution in [0, 0.1) is 0 Å². The van der Waals surface area contributed by atoms with Crippen molar-refractivity contribution >= 4 is 5.97 Å². The first kappa shape index (κ1) is 11.2. The van der Waals surface area contributed by atoms with Gasteiger partial charge >= 0.3 is 5.97 Å². The molecule has 0 aromatic rings. The van der Waals surface area contributed by atoms with Crippen LogP contribution in [-0.4, -0.2) is 25.3 Å². The summed E-state index contributed by atoms with van der Waals surface area (Å²) in [6.07, 6.45) is 2.99. The molecule has 3 heteroatoms. The highest BCUT2D eigenvalue weighted by atomic mass is 16.5. The monoisotopic (exact) mass is 172 g/mol. The van der Waals surface area contributed by atoms with E-state index in [2.05, 4.69) is 4.74 Å². The third kappa shape index (κ3) is 7.28. The van der Waals surface area contributed by atoms with Crippen LogP contribution in [-0.2, 0) is 14.3 Å². The van der Waals surface area contributed by atoms with Gasteiger partial charge in [0.1, 0.15) is 0 Å². The maximum atomic E-state index is 10.6. The van der Waals surface area contributed by atoms with Crippen LogP contribution in [0.2, 0.25) is 0 Å². The Kier molecular flexibility index (Phi) is 4.59. The highest BCUT2D eigenvalue weighted by Gasteiger charge is 2.07. The zero-order valence-electron chi connectivity index (χ0n) is 8.09. The van der Waals surface area contributed by atoms with Crippen molar-refractivity contribution in [3.63, 3.8) is 0 Å². The van der Waals surface area contributed by atoms with Crippen molar-refractivity contribution in [2.24, 2.45) is 0 Å². The molecule has 0 unspecified atom stereocenters. The number of ether oxygens (including phenoxy) is 2. The Bertz CT molecular complexity index is 165. The number of esters is 1. The molecule has 0 fully saturated rings. The van der Waals surface area contributed by atoms with Crippen LogP contribution in [0.1, 0.15) is 20.8 Å². The van der Waals surface area contributed by atoms with Crippen molar-refractivity contribution in [3.8, 4) is 0 Å². The molecule has 0 aliphatic carbocycles. The van der Waals surface area contributed by atoms with Gasteiger partial charge in [-0.25, -0.2) is 4.79 Å². The molecule has 0 aliphatic rings. The molecule has 70 valence electrons. The molecule has 0 N–H and O–H groups in total. The normalized spacial score (nSPS) is 12.0. The summed E-state index contributed by atoms with van der Waals surface area (Å²) >= 11 is 0. The summed E-state index contributed by atoms with van der Waals surface area (Å²) in [7, 11) is 1.34. The van der Waals surface area contributed by atoms with Gasteiger partial charge in [-0.15, -0.1) is 0 Å². The van der Waals surface area contributed by atoms with Crippen molar-refractivity contribution in [3.05, 3.63) is 12.2 Å². The van der Waals surface area contributed by atoms with E-state index < -0.39 is 0 Å². The number of carbonyl (C=O) groups excluding carboxylic acids is 1. The van der Waals surface area contributed by atoms with Crippen LogP contribution in [0.25, 0.3) is 0 Å². The van der Waals surface area contributed by atoms with E-state index in [4.69, 9.17) is 4.74 Å². The van der Waals surface area contributed by atoms with Crippen LogP contribution in [0.4, 0.5) is 0 Å². The van der Waals surface area contributed by atoms with Crippen molar-refractivity contribution in [2.45, 2.75) is 26.4 Å². The minimum atomic E-state index is -0.354. The molecule has 0 saturated heterocycles. The number of carbonyl (C=O) groups is 1. The Morgan fingerprint density at radius 1 is 1.42 bits per heavy atom. The predicted octanol–water partition coefficient (Wildman–Crippen LogP) is 1.53. The van der Waals surface area contributed by atoms with E-state index >= 15 is 0 Å². The first-order chi connectivity index (χ1) is 5.45. The van der Waals surface area contributed by atoms with Gasteiger partial charge in [-0.2, -0.15) is 0 Å². The largest absolute Gasteiger partial charge is 0.466 e. The Balaban J connectivity index is 3.56. The summed E-state index contributed by atoms with van der Waals surface area (Å²) in [4.78, 5) is 10.6. The maximum absolute atomic E-state index is 10.6. The maximum Gasteiger partial charge on any atom is 0.330 e. The van der Waals surface area contributed by atoms with Crippen LogP contribution in [0.5, 0.6) is 0 Å². The summed E-state index contributed by atoms with van der Waals surface area (Å²) in [6.45, 7) is 6.30. The number of hydrogen-bond acceptors (Lipinski definition) is 3. The molecule has 0 aromatic heterocycles. The fourth-order valence-electron chi connectivity index (χ4n) is 0.510. The SMILES string of the molecule is COC(=O)/C=C/COC(C)(C)C. The van der Waals surface area contributed by atoms with Gasteiger partial charge in [0.25, 0.3) is 0 Å². The van der Waals surface area contributed by atoms with Gasteiger partial charge in [0.2, 0.25) is 0 Å². The average Bonchev–Trinajstić information content (AvgIpc) is 1.96. The highest BCUT2D eigenvalue weighted by molar-refractivity contribution is 5.81. The molecule has 0 aromatic carbocycles. The van der Waals surface area contributed by atoms with Crippen molar-refractivity contribution in [1.82, 2.24) is 0 Å². The molecule has 0 saturated carbocycles. The van der Waals surface area contributed by atoms with E-state index in [9.17, 15) is 4.79 Å². The first-order valence-electron chi connectivity index (χ1n) is 3.84. The van der Waals surface area contributed by atoms with E-state index in [0.29, 0.717) is 6.61 Å². The number of hydrogen-bond donors (Lipinski definition) is 0. The number of methoxy groups -OCH3 is 1. The Morgan fingerprint density at radius 2 is 2.00 bits per heavy atom. The van der Waals surface area contributed by atoms with Crippen molar-refractivity contribution in [1.29, 1.82) is 0 Å². The van der Waals surface area contributed by atoms with Gasteiger partial charge in [-0.3, -0.25) is 0 Å². The average molecular weight is 172 g/mol. The van der Waals surface area contributed by atoms with Gasteiger partial charge in [-0.05, 0) is 20.8 Å². The molecular formula is C9H16O3. The van der Waals surface area contributed by atoms with E-state index in [1.807, 2.05) is 20.8 Å². The highest BCUT2D eigenvalue weighted by Crippen LogP contribution is 2.05. The standard InChI is InChI=1S/C9H16O3/c1-9(2,3)12-7-5-6-8(10)11-4/h5-6H,7H2,1-4H3/b6-5+. The second-order valence-corrected chi connectivity index (χ2v) is 3.35. The molecule has 0 aliphatic heterocycles. The first-order valence-corrected chi connectivity index (χ1v) is 3.84. The van der Waals surface area contributed by atoms with E-state index in [0.717, 1.165) is 0 Å². The lowest BCUT2D eigenvalue weighted by molar-refractivity contribution is -0.134. The molecule has 0 bridgehead atoms. The molecular weight excluding hydrogens is 156 g/mol. The lowest BCUT2D eigenvalue weighted by Crippen LogP contribution is -2.19. The second-order valence-electron chi connectivity index (χ2n) is 3.35. The molecule has 0 radical (unpaired) electrons. The van der Waals surface area contributed by atoms with Gasteiger partial charge in [0, 0.05) is 6.08 Å². The van der Waals surface area contributed by atoms with E-state index in [1.54, 1.807) is 6.08 Å². The summed E-state index contributed by atoms with van der Waals surface area (Å²) in [5.74, 6) is -0.354. The number of rotatable bonds is 3. The molecule has 0 spiro atoms. The smallest absolute Gasteiger partial charge is 0.330 e. The minimum absolute atomic E-state index is 0.166. The van der Waals surface area contributed by atoms with Crippen LogP contribution in [0.15, 0.2) is 12.2 Å². The molecule has 0 rings (SSSR count). The molecule has 0 atom stereocenters. The summed E-state index contributed by atoms with van der Waals surface area (Å²) < 4.78 is 9.73. The third-order valence-corrected chi connectivity index (χ3v) is 1.07. The second kappa shape index (κ2) is 4.93. The van der Waals surface area contributed by atoms with Gasteiger partial charge in [0.15, 0.2) is 0 Å². The Morgan fingerprint density at radius 3 is 2.42 bits per heavy atom. The van der Waals surface area contributed by atoms with Gasteiger partial charge in [-0.1, -0.05) is 6.08 Å². The topological polar surface area (TPSA) is 35.5 Å². The van der Waals surface area contributed by atoms with Crippen LogP contribution < -0.4 is 0 Å². The van der Waals surface area contributed by atoms with Gasteiger partial charge < -0.3 is 9.47 Å². The van der Waals surface area contributed by atoms with E-state index in [1.165, 1.54) is 13.2 Å². The quantitative estimate of drug-likeness (QED) is 0.478. The third-order valence-electron chi connectivity index (χ3n) is 1.07. The summed E-state index contributed by atoms with van der Waals surface area (Å²) in [5.41, 5.74) is -0.166. The molecule has 0 heterocycles. The zero-order chi connectivity index (χ0) is 9.61. The fourth-order valence-corrected chi connectivity index (χ4v) is 0.510. The molecule has 0 amide bonds. The lowest BCUT2D eigenvalue weighted by atomic mass is 10.2. The van der Waals surface area contributed by atoms with Crippen molar-refractivity contribution in [2.75, 3.05) is 13.7 Å². The lowest BCUT2D eigenvalue weighted by Gasteiger charge is -2.17. The van der Waals surface area contributed by atoms with Crippen LogP contribution in [0.3, 0.4) is 0 Å². The zero-order valence-corrected chi connectivity index (χ0v) is 8.09. The summed E-state index contributed by atoms with van der Waals surface area (Å²) in [5, 5.41) is 0. The Labute approximate surface area is 73.4 Å². The minimum Gasteiger partial charge on any atom is -0.466 e. The van der Waals surface area contributed by atoms with Crippen LogP contribution >= 0.6 is 0 Å².